The van der Waals surface area contributed by atoms with Crippen molar-refractivity contribution in [1.82, 2.24) is 10.3 Å². The molecule has 1 aliphatic rings. The van der Waals surface area contributed by atoms with Gasteiger partial charge in [0.15, 0.2) is 5.69 Å². The molecule has 3 rings (SSSR count). The van der Waals surface area contributed by atoms with Gasteiger partial charge in [0.25, 0.3) is 0 Å². The van der Waals surface area contributed by atoms with Crippen LogP contribution in [0.3, 0.4) is 0 Å². The van der Waals surface area contributed by atoms with Crippen LogP contribution in [0.15, 0.2) is 30.3 Å². The molecular weight excluding hydrogens is 331 g/mol. The van der Waals surface area contributed by atoms with Crippen LogP contribution in [0.1, 0.15) is 5.56 Å². The Balaban J connectivity index is 1.73. The smallest absolute Gasteiger partial charge is 0.217 e. The van der Waals surface area contributed by atoms with Crippen LogP contribution in [0.2, 0.25) is 5.02 Å². The van der Waals surface area contributed by atoms with E-state index in [9.17, 15) is 4.39 Å². The standard InChI is InChI=1S/C17H16ClFN4O/c1-20-14-3-2-12(15(19)10-14)11-24-17-9-13(18)8-16(22-17)23-6-4-21-5-7-23/h2-3,8-10,21H,4-7,11H2. The molecule has 2 aromatic rings. The Morgan fingerprint density at radius 2 is 2.08 bits per heavy atom. The van der Waals surface area contributed by atoms with Crippen molar-refractivity contribution < 1.29 is 9.13 Å². The first-order valence-corrected chi connectivity index (χ1v) is 7.95. The number of benzene rings is 1. The zero-order valence-corrected chi connectivity index (χ0v) is 13.7. The van der Waals surface area contributed by atoms with Gasteiger partial charge in [0.2, 0.25) is 5.88 Å². The predicted octanol–water partition coefficient (Wildman–Crippen LogP) is 3.41. The van der Waals surface area contributed by atoms with E-state index in [0.717, 1.165) is 32.0 Å². The zero-order valence-electron chi connectivity index (χ0n) is 12.9. The fourth-order valence-corrected chi connectivity index (χ4v) is 2.66. The number of ether oxygens (including phenoxy) is 1. The number of nitrogens with zero attached hydrogens (tertiary/aromatic N) is 3. The summed E-state index contributed by atoms with van der Waals surface area (Å²) < 4.78 is 19.5. The molecule has 0 amide bonds. The highest BCUT2D eigenvalue weighted by molar-refractivity contribution is 6.30. The van der Waals surface area contributed by atoms with Crippen molar-refractivity contribution in [3.63, 3.8) is 0 Å². The molecule has 2 heterocycles. The summed E-state index contributed by atoms with van der Waals surface area (Å²) in [6.07, 6.45) is 0. The van der Waals surface area contributed by atoms with Crippen LogP contribution in [-0.2, 0) is 6.61 Å². The normalized spacial score (nSPS) is 14.3. The maximum absolute atomic E-state index is 13.9. The number of hydrogen-bond acceptors (Lipinski definition) is 4. The van der Waals surface area contributed by atoms with E-state index >= 15 is 0 Å². The molecule has 5 nitrogen and oxygen atoms in total. The molecule has 0 atom stereocenters. The molecule has 124 valence electrons. The molecule has 0 saturated carbocycles. The topological polar surface area (TPSA) is 41.8 Å². The molecule has 1 aliphatic heterocycles. The molecule has 1 aromatic heterocycles. The lowest BCUT2D eigenvalue weighted by molar-refractivity contribution is 0.288. The van der Waals surface area contributed by atoms with E-state index in [1.54, 1.807) is 24.3 Å². The van der Waals surface area contributed by atoms with Gasteiger partial charge in [0.05, 0.1) is 6.57 Å². The summed E-state index contributed by atoms with van der Waals surface area (Å²) in [5.41, 5.74) is 0.631. The third kappa shape index (κ3) is 3.94. The lowest BCUT2D eigenvalue weighted by Gasteiger charge is -2.28. The van der Waals surface area contributed by atoms with Gasteiger partial charge >= 0.3 is 0 Å². The van der Waals surface area contributed by atoms with E-state index in [-0.39, 0.29) is 12.3 Å². The third-order valence-electron chi connectivity index (χ3n) is 3.74. The summed E-state index contributed by atoms with van der Waals surface area (Å²) in [4.78, 5) is 9.78. The van der Waals surface area contributed by atoms with Crippen LogP contribution in [0, 0.1) is 12.4 Å². The number of anilines is 1. The number of hydrogen-bond donors (Lipinski definition) is 1. The van der Waals surface area contributed by atoms with Crippen molar-refractivity contribution in [2.45, 2.75) is 6.61 Å². The second kappa shape index (κ2) is 7.47. The second-order valence-electron chi connectivity index (χ2n) is 5.40. The first-order valence-electron chi connectivity index (χ1n) is 7.57. The Kier molecular flexibility index (Phi) is 5.14. The van der Waals surface area contributed by atoms with E-state index < -0.39 is 5.82 Å². The minimum absolute atomic E-state index is 0.0262. The first-order chi connectivity index (χ1) is 11.7. The van der Waals surface area contributed by atoms with Gasteiger partial charge in [-0.05, 0) is 12.1 Å². The summed E-state index contributed by atoms with van der Waals surface area (Å²) in [7, 11) is 0. The van der Waals surface area contributed by atoms with Gasteiger partial charge in [-0.2, -0.15) is 4.98 Å². The molecule has 1 aromatic carbocycles. The van der Waals surface area contributed by atoms with Crippen LogP contribution >= 0.6 is 11.6 Å². The summed E-state index contributed by atoms with van der Waals surface area (Å²) in [6.45, 7) is 10.4. The molecule has 24 heavy (non-hydrogen) atoms. The molecule has 7 heteroatoms. The summed E-state index contributed by atoms with van der Waals surface area (Å²) in [5, 5.41) is 3.80. The lowest BCUT2D eigenvalue weighted by atomic mass is 10.2. The molecule has 1 N–H and O–H groups in total. The number of aromatic nitrogens is 1. The highest BCUT2D eigenvalue weighted by Gasteiger charge is 2.14. The second-order valence-corrected chi connectivity index (χ2v) is 5.83. The third-order valence-corrected chi connectivity index (χ3v) is 3.95. The van der Waals surface area contributed by atoms with Crippen LogP contribution in [0.4, 0.5) is 15.9 Å². The van der Waals surface area contributed by atoms with Crippen molar-refractivity contribution >= 4 is 23.1 Å². The van der Waals surface area contributed by atoms with E-state index in [1.807, 2.05) is 0 Å². The Morgan fingerprint density at radius 3 is 2.79 bits per heavy atom. The van der Waals surface area contributed by atoms with E-state index in [2.05, 4.69) is 20.0 Å². The molecule has 0 radical (unpaired) electrons. The largest absolute Gasteiger partial charge is 0.473 e. The molecule has 0 aliphatic carbocycles. The predicted molar refractivity (Wildman–Crippen MR) is 91.3 cm³/mol. The Bertz CT molecular complexity index is 772. The van der Waals surface area contributed by atoms with Gasteiger partial charge in [-0.1, -0.05) is 23.7 Å². The van der Waals surface area contributed by atoms with Gasteiger partial charge in [-0.25, -0.2) is 9.24 Å². The number of piperazine rings is 1. The van der Waals surface area contributed by atoms with Gasteiger partial charge in [0.1, 0.15) is 18.2 Å². The summed E-state index contributed by atoms with van der Waals surface area (Å²) in [6, 6.07) is 7.71. The number of nitrogens with one attached hydrogen (secondary N) is 1. The number of rotatable bonds is 4. The fourth-order valence-electron chi connectivity index (χ4n) is 2.46. The maximum atomic E-state index is 13.9. The van der Waals surface area contributed by atoms with Gasteiger partial charge in [-0.3, -0.25) is 0 Å². The first kappa shape index (κ1) is 16.5. The molecule has 1 saturated heterocycles. The zero-order chi connectivity index (χ0) is 16.9. The monoisotopic (exact) mass is 346 g/mol. The van der Waals surface area contributed by atoms with Crippen LogP contribution in [0.5, 0.6) is 5.88 Å². The quantitative estimate of drug-likeness (QED) is 0.861. The van der Waals surface area contributed by atoms with Crippen LogP contribution in [-0.4, -0.2) is 31.2 Å². The Hall–Kier alpha value is -2.36. The highest BCUT2D eigenvalue weighted by atomic mass is 35.5. The van der Waals surface area contributed by atoms with Crippen molar-refractivity contribution in [2.24, 2.45) is 0 Å². The number of halogens is 2. The number of pyridine rings is 1. The maximum Gasteiger partial charge on any atom is 0.217 e. The van der Waals surface area contributed by atoms with Gasteiger partial charge < -0.3 is 15.0 Å². The van der Waals surface area contributed by atoms with Crippen LogP contribution < -0.4 is 15.0 Å². The molecular formula is C17H16ClFN4O. The van der Waals surface area contributed by atoms with Crippen molar-refractivity contribution in [1.29, 1.82) is 0 Å². The molecule has 0 bridgehead atoms. The van der Waals surface area contributed by atoms with Crippen molar-refractivity contribution in [2.75, 3.05) is 31.1 Å². The summed E-state index contributed by atoms with van der Waals surface area (Å²) in [5.74, 6) is 0.639. The highest BCUT2D eigenvalue weighted by Crippen LogP contribution is 2.25. The van der Waals surface area contributed by atoms with Gasteiger partial charge in [-0.15, -0.1) is 0 Å². The average Bonchev–Trinajstić information content (AvgIpc) is 2.61. The van der Waals surface area contributed by atoms with Crippen molar-refractivity contribution in [3.05, 3.63) is 58.2 Å². The van der Waals surface area contributed by atoms with Gasteiger partial charge in [0, 0.05) is 42.8 Å². The average molecular weight is 347 g/mol. The van der Waals surface area contributed by atoms with Crippen molar-refractivity contribution in [3.8, 4) is 5.88 Å². The minimum Gasteiger partial charge on any atom is -0.473 e. The van der Waals surface area contributed by atoms with Crippen LogP contribution in [0.25, 0.3) is 4.85 Å². The molecule has 0 spiro atoms. The lowest BCUT2D eigenvalue weighted by Crippen LogP contribution is -2.43. The SMILES string of the molecule is [C-]#[N+]c1ccc(COc2cc(Cl)cc(N3CCNCC3)n2)c(F)c1. The van der Waals surface area contributed by atoms with E-state index in [4.69, 9.17) is 22.9 Å². The summed E-state index contributed by atoms with van der Waals surface area (Å²) >= 11 is 6.15. The minimum atomic E-state index is -0.465. The van der Waals surface area contributed by atoms with E-state index in [0.29, 0.717) is 16.5 Å². The molecule has 0 unspecified atom stereocenters. The van der Waals surface area contributed by atoms with E-state index in [1.165, 1.54) is 6.07 Å². The Labute approximate surface area is 144 Å². The molecule has 1 fully saturated rings. The fraction of sp³-hybridized carbons (Fsp3) is 0.294. The Morgan fingerprint density at radius 1 is 1.29 bits per heavy atom.